The van der Waals surface area contributed by atoms with Crippen LogP contribution in [-0.4, -0.2) is 25.7 Å². The van der Waals surface area contributed by atoms with Crippen molar-refractivity contribution in [3.8, 4) is 22.6 Å². The normalized spacial score (nSPS) is 12.6. The van der Waals surface area contributed by atoms with Crippen LogP contribution in [0.25, 0.3) is 11.1 Å². The average Bonchev–Trinajstić information content (AvgIpc) is 3.18. The lowest BCUT2D eigenvalue weighted by Gasteiger charge is -2.18. The van der Waals surface area contributed by atoms with Gasteiger partial charge in [-0.25, -0.2) is 0 Å². The fraction of sp³-hybridized carbons (Fsp3) is 0.190. The van der Waals surface area contributed by atoms with Gasteiger partial charge in [-0.05, 0) is 41.1 Å². The van der Waals surface area contributed by atoms with Gasteiger partial charge < -0.3 is 14.8 Å². The Kier molecular flexibility index (Phi) is 4.88. The maximum Gasteiger partial charge on any atom is 0.261 e. The molecule has 132 valence electrons. The molecule has 4 rings (SSSR count). The zero-order valence-electron chi connectivity index (χ0n) is 14.2. The van der Waals surface area contributed by atoms with Crippen LogP contribution in [0.3, 0.4) is 0 Å². The second-order valence-electron chi connectivity index (χ2n) is 6.01. The highest BCUT2D eigenvalue weighted by atomic mass is 32.1. The van der Waals surface area contributed by atoms with Gasteiger partial charge in [-0.1, -0.05) is 36.4 Å². The highest BCUT2D eigenvalue weighted by Gasteiger charge is 2.15. The molecule has 0 radical (unpaired) electrons. The molecule has 0 saturated heterocycles. The summed E-state index contributed by atoms with van der Waals surface area (Å²) >= 11 is 1.47. The van der Waals surface area contributed by atoms with Gasteiger partial charge in [0.2, 0.25) is 0 Å². The number of ether oxygens (including phenoxy) is 2. The van der Waals surface area contributed by atoms with Crippen LogP contribution in [0.1, 0.15) is 15.2 Å². The predicted octanol–water partition coefficient (Wildman–Crippen LogP) is 4.16. The summed E-state index contributed by atoms with van der Waals surface area (Å²) in [7, 11) is 0. The molecule has 0 bridgehead atoms. The van der Waals surface area contributed by atoms with Crippen LogP contribution >= 0.6 is 11.3 Å². The number of hydrogen-bond donors (Lipinski definition) is 1. The molecule has 1 N–H and O–H groups in total. The van der Waals surface area contributed by atoms with Crippen LogP contribution in [0.15, 0.2) is 60.0 Å². The van der Waals surface area contributed by atoms with Crippen LogP contribution in [0.5, 0.6) is 11.5 Å². The molecule has 1 aliphatic heterocycles. The molecule has 1 aromatic heterocycles. The number of fused-ring (bicyclic) bond motifs is 1. The van der Waals surface area contributed by atoms with Gasteiger partial charge >= 0.3 is 0 Å². The van der Waals surface area contributed by atoms with Crippen molar-refractivity contribution in [2.45, 2.75) is 6.42 Å². The summed E-state index contributed by atoms with van der Waals surface area (Å²) in [6.07, 6.45) is 0.744. The number of hydrogen-bond acceptors (Lipinski definition) is 4. The molecule has 0 saturated carbocycles. The number of carbonyl (C=O) groups excluding carboxylic acids is 1. The number of rotatable bonds is 5. The summed E-state index contributed by atoms with van der Waals surface area (Å²) in [6, 6.07) is 17.9. The van der Waals surface area contributed by atoms with E-state index in [4.69, 9.17) is 9.47 Å². The Morgan fingerprint density at radius 2 is 1.81 bits per heavy atom. The van der Waals surface area contributed by atoms with E-state index in [1.165, 1.54) is 11.3 Å². The third-order valence-corrected chi connectivity index (χ3v) is 5.18. The first-order valence-corrected chi connectivity index (χ1v) is 9.49. The van der Waals surface area contributed by atoms with E-state index in [1.807, 2.05) is 60.0 Å². The van der Waals surface area contributed by atoms with E-state index < -0.39 is 0 Å². The smallest absolute Gasteiger partial charge is 0.261 e. The topological polar surface area (TPSA) is 47.6 Å². The largest absolute Gasteiger partial charge is 0.486 e. The molecule has 0 atom stereocenters. The van der Waals surface area contributed by atoms with Crippen molar-refractivity contribution in [3.63, 3.8) is 0 Å². The Morgan fingerprint density at radius 1 is 1.00 bits per heavy atom. The SMILES string of the molecule is O=C(NCCc1ccc2c(c1)OCCO2)c1sccc1-c1ccccc1. The van der Waals surface area contributed by atoms with Gasteiger partial charge in [0.25, 0.3) is 5.91 Å². The van der Waals surface area contributed by atoms with Gasteiger partial charge in [0.15, 0.2) is 11.5 Å². The quantitative estimate of drug-likeness (QED) is 0.739. The predicted molar refractivity (Wildman–Crippen MR) is 103 cm³/mol. The van der Waals surface area contributed by atoms with E-state index in [1.54, 1.807) is 0 Å². The minimum Gasteiger partial charge on any atom is -0.486 e. The first-order chi connectivity index (χ1) is 12.8. The molecular formula is C21H19NO3S. The standard InChI is InChI=1S/C21H19NO3S/c23-21(20-17(9-13-26-20)16-4-2-1-3-5-16)22-10-8-15-6-7-18-19(14-15)25-12-11-24-18/h1-7,9,13-14H,8,10-12H2,(H,22,23). The molecule has 3 aromatic rings. The number of carbonyl (C=O) groups is 1. The summed E-state index contributed by atoms with van der Waals surface area (Å²) in [4.78, 5) is 13.3. The Labute approximate surface area is 156 Å². The van der Waals surface area contributed by atoms with E-state index in [2.05, 4.69) is 5.32 Å². The average molecular weight is 365 g/mol. The minimum atomic E-state index is -0.0311. The molecule has 2 heterocycles. The first-order valence-electron chi connectivity index (χ1n) is 8.61. The van der Waals surface area contributed by atoms with Gasteiger partial charge in [0.05, 0.1) is 4.88 Å². The van der Waals surface area contributed by atoms with Crippen LogP contribution in [0.2, 0.25) is 0 Å². The van der Waals surface area contributed by atoms with Crippen LogP contribution < -0.4 is 14.8 Å². The number of thiophene rings is 1. The maximum absolute atomic E-state index is 12.6. The fourth-order valence-electron chi connectivity index (χ4n) is 2.97. The van der Waals surface area contributed by atoms with Gasteiger partial charge in [0.1, 0.15) is 13.2 Å². The van der Waals surface area contributed by atoms with Crippen molar-refractivity contribution in [2.75, 3.05) is 19.8 Å². The molecule has 1 amide bonds. The molecule has 4 nitrogen and oxygen atoms in total. The van der Waals surface area contributed by atoms with Crippen LogP contribution in [-0.2, 0) is 6.42 Å². The molecule has 1 aliphatic rings. The molecular weight excluding hydrogens is 346 g/mol. The van der Waals surface area contributed by atoms with Crippen molar-refractivity contribution in [3.05, 3.63) is 70.4 Å². The van der Waals surface area contributed by atoms with Crippen molar-refractivity contribution >= 4 is 17.2 Å². The zero-order chi connectivity index (χ0) is 17.8. The first kappa shape index (κ1) is 16.7. The van der Waals surface area contributed by atoms with E-state index in [0.29, 0.717) is 19.8 Å². The molecule has 2 aromatic carbocycles. The molecule has 0 aliphatic carbocycles. The number of benzene rings is 2. The Bertz CT molecular complexity index is 905. The van der Waals surface area contributed by atoms with Crippen molar-refractivity contribution in [1.82, 2.24) is 5.32 Å². The Balaban J connectivity index is 1.39. The van der Waals surface area contributed by atoms with Crippen molar-refractivity contribution in [2.24, 2.45) is 0 Å². The highest BCUT2D eigenvalue weighted by molar-refractivity contribution is 7.12. The maximum atomic E-state index is 12.6. The lowest BCUT2D eigenvalue weighted by atomic mass is 10.1. The lowest BCUT2D eigenvalue weighted by Crippen LogP contribution is -2.25. The summed E-state index contributed by atoms with van der Waals surface area (Å²) in [5.74, 6) is 1.54. The molecule has 0 spiro atoms. The van der Waals surface area contributed by atoms with E-state index >= 15 is 0 Å². The fourth-order valence-corrected chi connectivity index (χ4v) is 3.81. The molecule has 26 heavy (non-hydrogen) atoms. The summed E-state index contributed by atoms with van der Waals surface area (Å²) < 4.78 is 11.1. The van der Waals surface area contributed by atoms with Crippen molar-refractivity contribution < 1.29 is 14.3 Å². The van der Waals surface area contributed by atoms with Crippen LogP contribution in [0, 0.1) is 0 Å². The Morgan fingerprint density at radius 3 is 2.65 bits per heavy atom. The second-order valence-corrected chi connectivity index (χ2v) is 6.93. The molecule has 5 heteroatoms. The summed E-state index contributed by atoms with van der Waals surface area (Å²) in [5, 5.41) is 4.98. The van der Waals surface area contributed by atoms with Gasteiger partial charge in [-0.2, -0.15) is 0 Å². The van der Waals surface area contributed by atoms with Gasteiger partial charge in [-0.15, -0.1) is 11.3 Å². The number of amides is 1. The monoisotopic (exact) mass is 365 g/mol. The Hall–Kier alpha value is -2.79. The minimum absolute atomic E-state index is 0.0311. The number of nitrogens with one attached hydrogen (secondary N) is 1. The zero-order valence-corrected chi connectivity index (χ0v) is 15.1. The molecule has 0 fully saturated rings. The van der Waals surface area contributed by atoms with Gasteiger partial charge in [0, 0.05) is 12.1 Å². The van der Waals surface area contributed by atoms with E-state index in [9.17, 15) is 4.79 Å². The third kappa shape index (κ3) is 3.58. The van der Waals surface area contributed by atoms with Gasteiger partial charge in [-0.3, -0.25) is 4.79 Å². The second kappa shape index (κ2) is 7.62. The third-order valence-electron chi connectivity index (χ3n) is 4.26. The summed E-state index contributed by atoms with van der Waals surface area (Å²) in [6.45, 7) is 1.74. The van der Waals surface area contributed by atoms with Crippen molar-refractivity contribution in [1.29, 1.82) is 0 Å². The van der Waals surface area contributed by atoms with Crippen LogP contribution in [0.4, 0.5) is 0 Å². The lowest BCUT2D eigenvalue weighted by molar-refractivity contribution is 0.0959. The highest BCUT2D eigenvalue weighted by Crippen LogP contribution is 2.31. The molecule has 0 unspecified atom stereocenters. The summed E-state index contributed by atoms with van der Waals surface area (Å²) in [5.41, 5.74) is 3.15. The van der Waals surface area contributed by atoms with E-state index in [0.717, 1.165) is 39.5 Å². The van der Waals surface area contributed by atoms with E-state index in [-0.39, 0.29) is 5.91 Å².